The van der Waals surface area contributed by atoms with Crippen LogP contribution in [0, 0.1) is 5.92 Å². The van der Waals surface area contributed by atoms with Crippen molar-refractivity contribution in [3.8, 4) is 0 Å². The SMILES string of the molecule is CCC(=O)C1CCCCOC1. The number of carbonyl (C=O) groups excluding carboxylic acids is 1. The van der Waals surface area contributed by atoms with E-state index in [2.05, 4.69) is 0 Å². The van der Waals surface area contributed by atoms with Crippen LogP contribution in [0.25, 0.3) is 0 Å². The quantitative estimate of drug-likeness (QED) is 0.609. The first-order valence-corrected chi connectivity index (χ1v) is 4.45. The summed E-state index contributed by atoms with van der Waals surface area (Å²) in [4.78, 5) is 11.2. The number of hydrogen-bond donors (Lipinski definition) is 0. The van der Waals surface area contributed by atoms with Gasteiger partial charge in [0.15, 0.2) is 0 Å². The molecule has 0 spiro atoms. The lowest BCUT2D eigenvalue weighted by molar-refractivity contribution is -0.124. The second-order valence-electron chi connectivity index (χ2n) is 3.09. The van der Waals surface area contributed by atoms with Crippen LogP contribution in [0.4, 0.5) is 0 Å². The van der Waals surface area contributed by atoms with Crippen molar-refractivity contribution in [2.75, 3.05) is 13.2 Å². The minimum absolute atomic E-state index is 0.197. The Morgan fingerprint density at radius 2 is 2.36 bits per heavy atom. The van der Waals surface area contributed by atoms with Gasteiger partial charge in [-0.15, -0.1) is 0 Å². The van der Waals surface area contributed by atoms with Crippen molar-refractivity contribution in [3.05, 3.63) is 0 Å². The van der Waals surface area contributed by atoms with Crippen molar-refractivity contribution >= 4 is 5.78 Å². The van der Waals surface area contributed by atoms with Gasteiger partial charge >= 0.3 is 0 Å². The molecule has 0 radical (unpaired) electrons. The molecule has 64 valence electrons. The normalized spacial score (nSPS) is 26.1. The van der Waals surface area contributed by atoms with Gasteiger partial charge in [-0.2, -0.15) is 0 Å². The van der Waals surface area contributed by atoms with Gasteiger partial charge in [-0.05, 0) is 12.8 Å². The molecule has 0 bridgehead atoms. The molecular weight excluding hydrogens is 140 g/mol. The minimum atomic E-state index is 0.197. The largest absolute Gasteiger partial charge is 0.381 e. The van der Waals surface area contributed by atoms with Crippen molar-refractivity contribution in [3.63, 3.8) is 0 Å². The highest BCUT2D eigenvalue weighted by molar-refractivity contribution is 5.80. The fourth-order valence-corrected chi connectivity index (χ4v) is 1.45. The zero-order chi connectivity index (χ0) is 8.10. The summed E-state index contributed by atoms with van der Waals surface area (Å²) in [5.74, 6) is 0.564. The molecule has 0 saturated carbocycles. The zero-order valence-electron chi connectivity index (χ0n) is 7.14. The van der Waals surface area contributed by atoms with Gasteiger partial charge in [-0.3, -0.25) is 4.79 Å². The third kappa shape index (κ3) is 2.62. The maximum atomic E-state index is 11.2. The monoisotopic (exact) mass is 156 g/mol. The first-order valence-electron chi connectivity index (χ1n) is 4.45. The summed E-state index contributed by atoms with van der Waals surface area (Å²) < 4.78 is 5.31. The molecule has 1 aliphatic heterocycles. The third-order valence-electron chi connectivity index (χ3n) is 2.21. The Balaban J connectivity index is 2.36. The molecule has 0 aromatic heterocycles. The Morgan fingerprint density at radius 1 is 1.55 bits per heavy atom. The van der Waals surface area contributed by atoms with Crippen molar-refractivity contribution < 1.29 is 9.53 Å². The average Bonchev–Trinajstić information content (AvgIpc) is 2.30. The molecule has 2 heteroatoms. The summed E-state index contributed by atoms with van der Waals surface area (Å²) in [6, 6.07) is 0. The number of rotatable bonds is 2. The molecule has 1 aliphatic rings. The molecule has 1 unspecified atom stereocenters. The topological polar surface area (TPSA) is 26.3 Å². The van der Waals surface area contributed by atoms with E-state index >= 15 is 0 Å². The van der Waals surface area contributed by atoms with Gasteiger partial charge in [-0.25, -0.2) is 0 Å². The molecule has 2 nitrogen and oxygen atoms in total. The van der Waals surface area contributed by atoms with Gasteiger partial charge in [0, 0.05) is 18.9 Å². The fourth-order valence-electron chi connectivity index (χ4n) is 1.45. The van der Waals surface area contributed by atoms with E-state index in [1.807, 2.05) is 6.92 Å². The lowest BCUT2D eigenvalue weighted by Gasteiger charge is -2.09. The smallest absolute Gasteiger partial charge is 0.138 e. The van der Waals surface area contributed by atoms with Crippen molar-refractivity contribution in [1.29, 1.82) is 0 Å². The Kier molecular flexibility index (Phi) is 3.57. The molecule has 0 aliphatic carbocycles. The number of Topliss-reactive ketones (excluding diaryl/α,β-unsaturated/α-hetero) is 1. The van der Waals surface area contributed by atoms with Gasteiger partial charge in [0.1, 0.15) is 5.78 Å². The lowest BCUT2D eigenvalue weighted by atomic mass is 9.98. The molecule has 0 N–H and O–H groups in total. The highest BCUT2D eigenvalue weighted by atomic mass is 16.5. The van der Waals surface area contributed by atoms with E-state index in [9.17, 15) is 4.79 Å². The fraction of sp³-hybridized carbons (Fsp3) is 0.889. The maximum Gasteiger partial charge on any atom is 0.138 e. The molecule has 1 heterocycles. The number of ether oxygens (including phenoxy) is 1. The summed E-state index contributed by atoms with van der Waals surface area (Å²) in [6.07, 6.45) is 3.96. The predicted molar refractivity (Wildman–Crippen MR) is 43.5 cm³/mol. The van der Waals surface area contributed by atoms with Crippen LogP contribution in [0.2, 0.25) is 0 Å². The molecule has 0 aromatic carbocycles. The van der Waals surface area contributed by atoms with Crippen LogP contribution >= 0.6 is 0 Å². The van der Waals surface area contributed by atoms with Crippen LogP contribution in [0.15, 0.2) is 0 Å². The van der Waals surface area contributed by atoms with Crippen LogP contribution < -0.4 is 0 Å². The maximum absolute atomic E-state index is 11.2. The minimum Gasteiger partial charge on any atom is -0.381 e. The summed E-state index contributed by atoms with van der Waals surface area (Å²) in [6.45, 7) is 3.42. The first-order chi connectivity index (χ1) is 5.34. The van der Waals surface area contributed by atoms with E-state index in [0.717, 1.165) is 25.9 Å². The van der Waals surface area contributed by atoms with Crippen LogP contribution in [0.3, 0.4) is 0 Å². The summed E-state index contributed by atoms with van der Waals surface area (Å²) in [7, 11) is 0. The van der Waals surface area contributed by atoms with E-state index in [1.54, 1.807) is 0 Å². The molecule has 1 atom stereocenters. The Labute approximate surface area is 67.9 Å². The van der Waals surface area contributed by atoms with E-state index in [4.69, 9.17) is 4.74 Å². The van der Waals surface area contributed by atoms with Crippen LogP contribution in [0.5, 0.6) is 0 Å². The predicted octanol–water partition coefficient (Wildman–Crippen LogP) is 1.78. The molecule has 0 aromatic rings. The molecule has 0 amide bonds. The molecule has 1 rings (SSSR count). The second-order valence-corrected chi connectivity index (χ2v) is 3.09. The van der Waals surface area contributed by atoms with Gasteiger partial charge in [0.05, 0.1) is 6.61 Å². The second kappa shape index (κ2) is 4.50. The summed E-state index contributed by atoms with van der Waals surface area (Å²) in [5, 5.41) is 0. The highest BCUT2D eigenvalue weighted by Gasteiger charge is 2.18. The van der Waals surface area contributed by atoms with Gasteiger partial charge in [0.25, 0.3) is 0 Å². The van der Waals surface area contributed by atoms with Crippen LogP contribution in [0.1, 0.15) is 32.6 Å². The van der Waals surface area contributed by atoms with Crippen molar-refractivity contribution in [2.45, 2.75) is 32.6 Å². The lowest BCUT2D eigenvalue weighted by Crippen LogP contribution is -2.17. The highest BCUT2D eigenvalue weighted by Crippen LogP contribution is 2.15. The Morgan fingerprint density at radius 3 is 3.09 bits per heavy atom. The van der Waals surface area contributed by atoms with Crippen LogP contribution in [-0.4, -0.2) is 19.0 Å². The zero-order valence-corrected chi connectivity index (χ0v) is 7.14. The first kappa shape index (κ1) is 8.72. The summed E-state index contributed by atoms with van der Waals surface area (Å²) >= 11 is 0. The summed E-state index contributed by atoms with van der Waals surface area (Å²) in [5.41, 5.74) is 0. The third-order valence-corrected chi connectivity index (χ3v) is 2.21. The van der Waals surface area contributed by atoms with Gasteiger partial charge in [0.2, 0.25) is 0 Å². The van der Waals surface area contributed by atoms with Gasteiger partial charge < -0.3 is 4.74 Å². The standard InChI is InChI=1S/C9H16O2/c1-2-9(10)8-5-3-4-6-11-7-8/h8H,2-7H2,1H3. The van der Waals surface area contributed by atoms with E-state index in [-0.39, 0.29) is 5.92 Å². The van der Waals surface area contributed by atoms with E-state index in [0.29, 0.717) is 18.8 Å². The molecular formula is C9H16O2. The van der Waals surface area contributed by atoms with E-state index < -0.39 is 0 Å². The number of carbonyl (C=O) groups is 1. The molecule has 11 heavy (non-hydrogen) atoms. The molecule has 1 fully saturated rings. The van der Waals surface area contributed by atoms with Crippen LogP contribution in [-0.2, 0) is 9.53 Å². The van der Waals surface area contributed by atoms with Crippen molar-refractivity contribution in [1.82, 2.24) is 0 Å². The number of ketones is 1. The van der Waals surface area contributed by atoms with E-state index in [1.165, 1.54) is 0 Å². The average molecular weight is 156 g/mol. The number of hydrogen-bond acceptors (Lipinski definition) is 2. The molecule has 1 saturated heterocycles. The Bertz CT molecular complexity index is 124. The van der Waals surface area contributed by atoms with Gasteiger partial charge in [-0.1, -0.05) is 13.3 Å². The Hall–Kier alpha value is -0.370. The van der Waals surface area contributed by atoms with Crippen molar-refractivity contribution in [2.24, 2.45) is 5.92 Å².